The van der Waals surface area contributed by atoms with Crippen molar-refractivity contribution in [1.29, 1.82) is 0 Å². The zero-order valence-electron chi connectivity index (χ0n) is 9.78. The van der Waals surface area contributed by atoms with Gasteiger partial charge in [-0.15, -0.1) is 0 Å². The molecule has 8 heteroatoms. The lowest BCUT2D eigenvalue weighted by Gasteiger charge is -2.20. The lowest BCUT2D eigenvalue weighted by molar-refractivity contribution is -0.141. The van der Waals surface area contributed by atoms with E-state index in [1.807, 2.05) is 0 Å². The molecule has 1 atom stereocenters. The molecule has 0 aliphatic carbocycles. The maximum atomic E-state index is 12.8. The predicted molar refractivity (Wildman–Crippen MR) is 63.0 cm³/mol. The van der Waals surface area contributed by atoms with Crippen LogP contribution in [0.1, 0.15) is 46.4 Å². The van der Waals surface area contributed by atoms with Crippen LogP contribution in [0.2, 0.25) is 0 Å². The largest absolute Gasteiger partial charge is 0.478 e. The highest BCUT2D eigenvalue weighted by Crippen LogP contribution is 2.38. The predicted octanol–water partition coefficient (Wildman–Crippen LogP) is 3.15. The molecule has 1 aliphatic heterocycles. The molecule has 1 aliphatic rings. The number of rotatable bonds is 2. The average Bonchev–Trinajstić information content (AvgIpc) is 2.38. The Labute approximate surface area is 111 Å². The summed E-state index contributed by atoms with van der Waals surface area (Å²) in [4.78, 5) is 18.0. The van der Waals surface area contributed by atoms with Crippen LogP contribution < -0.4 is 0 Å². The van der Waals surface area contributed by atoms with Gasteiger partial charge in [-0.1, -0.05) is 6.42 Å². The van der Waals surface area contributed by atoms with Crippen molar-refractivity contribution < 1.29 is 23.1 Å². The Morgan fingerprint density at radius 3 is 2.68 bits per heavy atom. The number of carbonyl (C=O) groups is 1. The molecule has 2 rings (SSSR count). The molecule has 1 fully saturated rings. The number of nitrogens with zero attached hydrogens (tertiary/aromatic N) is 2. The van der Waals surface area contributed by atoms with Crippen LogP contribution in [0.3, 0.4) is 0 Å². The van der Waals surface area contributed by atoms with Crippen LogP contribution in [0.5, 0.6) is 0 Å². The summed E-state index contributed by atoms with van der Waals surface area (Å²) in [5.74, 6) is -0.743. The SMILES string of the molecule is O=C(O)c1cnc(C2CCCCS2)nc1C(F)(F)F. The quantitative estimate of drug-likeness (QED) is 0.907. The Morgan fingerprint density at radius 1 is 1.42 bits per heavy atom. The first-order valence-corrected chi connectivity index (χ1v) is 6.73. The molecule has 104 valence electrons. The van der Waals surface area contributed by atoms with Gasteiger partial charge in [-0.2, -0.15) is 24.9 Å². The summed E-state index contributed by atoms with van der Waals surface area (Å²) in [7, 11) is 0. The van der Waals surface area contributed by atoms with Crippen molar-refractivity contribution >= 4 is 17.7 Å². The van der Waals surface area contributed by atoms with E-state index in [1.54, 1.807) is 0 Å². The number of thioether (sulfide) groups is 1. The molecular weight excluding hydrogens is 281 g/mol. The Morgan fingerprint density at radius 2 is 2.16 bits per heavy atom. The molecule has 4 nitrogen and oxygen atoms in total. The third-order valence-corrected chi connectivity index (χ3v) is 4.15. The maximum absolute atomic E-state index is 12.8. The number of alkyl halides is 3. The van der Waals surface area contributed by atoms with E-state index in [0.717, 1.165) is 24.8 Å². The Kier molecular flexibility index (Phi) is 3.98. The summed E-state index contributed by atoms with van der Waals surface area (Å²) in [6.07, 6.45) is -1.37. The molecule has 2 heterocycles. The highest BCUT2D eigenvalue weighted by molar-refractivity contribution is 7.99. The zero-order chi connectivity index (χ0) is 14.0. The average molecular weight is 292 g/mol. The minimum Gasteiger partial charge on any atom is -0.478 e. The number of aromatic carboxylic acids is 1. The Bertz CT molecular complexity index is 487. The number of halogens is 3. The third-order valence-electron chi connectivity index (χ3n) is 2.77. The molecule has 1 saturated heterocycles. The van der Waals surface area contributed by atoms with Gasteiger partial charge in [0.05, 0.1) is 5.25 Å². The normalized spacial score (nSPS) is 20.3. The molecule has 0 aromatic carbocycles. The van der Waals surface area contributed by atoms with Gasteiger partial charge in [0, 0.05) is 6.20 Å². The second-order valence-corrected chi connectivity index (χ2v) is 5.46. The second-order valence-electron chi connectivity index (χ2n) is 4.15. The number of aromatic nitrogens is 2. The molecular formula is C11H11F3N2O2S. The lowest BCUT2D eigenvalue weighted by atomic mass is 10.1. The van der Waals surface area contributed by atoms with E-state index < -0.39 is 23.4 Å². The van der Waals surface area contributed by atoms with Crippen LogP contribution in [0.4, 0.5) is 13.2 Å². The molecule has 0 amide bonds. The van der Waals surface area contributed by atoms with Crippen molar-refractivity contribution in [3.05, 3.63) is 23.3 Å². The van der Waals surface area contributed by atoms with Crippen molar-refractivity contribution in [1.82, 2.24) is 9.97 Å². The van der Waals surface area contributed by atoms with E-state index in [2.05, 4.69) is 9.97 Å². The summed E-state index contributed by atoms with van der Waals surface area (Å²) in [6.45, 7) is 0. The zero-order valence-corrected chi connectivity index (χ0v) is 10.6. The molecule has 0 radical (unpaired) electrons. The Balaban J connectivity index is 2.40. The van der Waals surface area contributed by atoms with E-state index in [0.29, 0.717) is 6.42 Å². The molecule has 1 aromatic heterocycles. The summed E-state index contributed by atoms with van der Waals surface area (Å²) >= 11 is 1.51. The van der Waals surface area contributed by atoms with Crippen LogP contribution >= 0.6 is 11.8 Å². The summed E-state index contributed by atoms with van der Waals surface area (Å²) in [5, 5.41) is 8.56. The molecule has 0 bridgehead atoms. The first kappa shape index (κ1) is 14.1. The first-order valence-electron chi connectivity index (χ1n) is 5.68. The highest BCUT2D eigenvalue weighted by atomic mass is 32.2. The number of hydrogen-bond acceptors (Lipinski definition) is 4. The molecule has 1 N–H and O–H groups in total. The molecule has 1 aromatic rings. The fourth-order valence-corrected chi connectivity index (χ4v) is 3.12. The van der Waals surface area contributed by atoms with Crippen molar-refractivity contribution in [2.45, 2.75) is 30.7 Å². The van der Waals surface area contributed by atoms with Crippen molar-refractivity contribution in [2.24, 2.45) is 0 Å². The van der Waals surface area contributed by atoms with Gasteiger partial charge >= 0.3 is 12.1 Å². The van der Waals surface area contributed by atoms with Gasteiger partial charge < -0.3 is 5.11 Å². The van der Waals surface area contributed by atoms with Gasteiger partial charge in [0.2, 0.25) is 0 Å². The summed E-state index contributed by atoms with van der Waals surface area (Å²) < 4.78 is 38.4. The van der Waals surface area contributed by atoms with E-state index in [1.165, 1.54) is 11.8 Å². The standard InChI is InChI=1S/C11H11F3N2O2S/c12-11(13,14)8-6(10(17)18)5-15-9(16-8)7-3-1-2-4-19-7/h5,7H,1-4H2,(H,17,18). The number of hydrogen-bond donors (Lipinski definition) is 1. The molecule has 1 unspecified atom stereocenters. The number of carboxylic acid groups (broad SMARTS) is 1. The van der Waals surface area contributed by atoms with Gasteiger partial charge in [0.1, 0.15) is 11.4 Å². The fourth-order valence-electron chi connectivity index (χ4n) is 1.87. The Hall–Kier alpha value is -1.31. The van der Waals surface area contributed by atoms with Crippen LogP contribution in [0.25, 0.3) is 0 Å². The van der Waals surface area contributed by atoms with Crippen LogP contribution in [-0.4, -0.2) is 26.8 Å². The number of carboxylic acids is 1. The van der Waals surface area contributed by atoms with E-state index >= 15 is 0 Å². The van der Waals surface area contributed by atoms with Gasteiger partial charge in [-0.05, 0) is 18.6 Å². The van der Waals surface area contributed by atoms with Crippen molar-refractivity contribution in [3.63, 3.8) is 0 Å². The monoisotopic (exact) mass is 292 g/mol. The first-order chi connectivity index (χ1) is 8.89. The summed E-state index contributed by atoms with van der Waals surface area (Å²) in [5.41, 5.74) is -2.27. The molecule has 0 saturated carbocycles. The van der Waals surface area contributed by atoms with Gasteiger partial charge in [0.15, 0.2) is 5.69 Å². The van der Waals surface area contributed by atoms with Crippen LogP contribution in [0, 0.1) is 0 Å². The second kappa shape index (κ2) is 5.36. The molecule has 0 spiro atoms. The topological polar surface area (TPSA) is 63.1 Å². The fraction of sp³-hybridized carbons (Fsp3) is 0.545. The highest BCUT2D eigenvalue weighted by Gasteiger charge is 2.38. The lowest BCUT2D eigenvalue weighted by Crippen LogP contribution is -2.19. The van der Waals surface area contributed by atoms with Crippen LogP contribution in [0.15, 0.2) is 6.20 Å². The minimum absolute atomic E-state index is 0.0713. The van der Waals surface area contributed by atoms with Crippen molar-refractivity contribution in [2.75, 3.05) is 5.75 Å². The van der Waals surface area contributed by atoms with E-state index in [9.17, 15) is 18.0 Å². The maximum Gasteiger partial charge on any atom is 0.434 e. The van der Waals surface area contributed by atoms with Gasteiger partial charge in [-0.3, -0.25) is 0 Å². The molecule has 19 heavy (non-hydrogen) atoms. The third kappa shape index (κ3) is 3.17. The smallest absolute Gasteiger partial charge is 0.434 e. The van der Waals surface area contributed by atoms with E-state index in [4.69, 9.17) is 5.11 Å². The minimum atomic E-state index is -4.79. The van der Waals surface area contributed by atoms with Crippen LogP contribution in [-0.2, 0) is 6.18 Å². The van der Waals surface area contributed by atoms with Crippen molar-refractivity contribution in [3.8, 4) is 0 Å². The van der Waals surface area contributed by atoms with Gasteiger partial charge in [0.25, 0.3) is 0 Å². The summed E-state index contributed by atoms with van der Waals surface area (Å²) in [6, 6.07) is 0. The van der Waals surface area contributed by atoms with Gasteiger partial charge in [-0.25, -0.2) is 14.8 Å². The van der Waals surface area contributed by atoms with E-state index in [-0.39, 0.29) is 11.1 Å².